The molecule has 2 heterocycles. The second kappa shape index (κ2) is 7.07. The third kappa shape index (κ3) is 3.96. The first kappa shape index (κ1) is 15.3. The van der Waals surface area contributed by atoms with Crippen molar-refractivity contribution >= 4 is 17.2 Å². The normalized spacial score (nSPS) is 16.6. The highest BCUT2D eigenvalue weighted by Gasteiger charge is 2.21. The van der Waals surface area contributed by atoms with Crippen molar-refractivity contribution in [2.24, 2.45) is 0 Å². The zero-order valence-corrected chi connectivity index (χ0v) is 13.7. The topological polar surface area (TPSA) is 32.3 Å². The molecule has 1 saturated heterocycles. The predicted octanol–water partition coefficient (Wildman–Crippen LogP) is 3.45. The SMILES string of the molecule is Cc1ccc(C(=O)NC2CCN(Cc3ccccc3)CC2)s1. The Kier molecular flexibility index (Phi) is 4.90. The molecule has 1 aliphatic rings. The Balaban J connectivity index is 1.46. The van der Waals surface area contributed by atoms with Crippen LogP contribution in [0.3, 0.4) is 0 Å². The molecule has 0 spiro atoms. The molecule has 116 valence electrons. The van der Waals surface area contributed by atoms with Gasteiger partial charge in [0.15, 0.2) is 0 Å². The molecule has 22 heavy (non-hydrogen) atoms. The van der Waals surface area contributed by atoms with Gasteiger partial charge in [-0.05, 0) is 37.5 Å². The Morgan fingerprint density at radius 2 is 1.91 bits per heavy atom. The summed E-state index contributed by atoms with van der Waals surface area (Å²) in [4.78, 5) is 16.7. The zero-order valence-electron chi connectivity index (χ0n) is 12.9. The molecule has 3 nitrogen and oxygen atoms in total. The van der Waals surface area contributed by atoms with Crippen molar-refractivity contribution < 1.29 is 4.79 Å². The second-order valence-corrected chi connectivity index (χ2v) is 7.21. The lowest BCUT2D eigenvalue weighted by Crippen LogP contribution is -2.44. The van der Waals surface area contributed by atoms with Gasteiger partial charge in [-0.15, -0.1) is 11.3 Å². The first-order chi connectivity index (χ1) is 10.7. The Labute approximate surface area is 136 Å². The predicted molar refractivity (Wildman–Crippen MR) is 91.3 cm³/mol. The number of piperidine rings is 1. The van der Waals surface area contributed by atoms with Crippen LogP contribution in [0.4, 0.5) is 0 Å². The molecule has 0 radical (unpaired) electrons. The number of hydrogen-bond donors (Lipinski definition) is 1. The number of amides is 1. The molecular weight excluding hydrogens is 292 g/mol. The standard InChI is InChI=1S/C18H22N2OS/c1-14-7-8-17(22-14)18(21)19-16-9-11-20(12-10-16)13-15-5-3-2-4-6-15/h2-8,16H,9-13H2,1H3,(H,19,21). The van der Waals surface area contributed by atoms with E-state index in [2.05, 4.69) is 40.5 Å². The minimum Gasteiger partial charge on any atom is -0.349 e. The van der Waals surface area contributed by atoms with Crippen molar-refractivity contribution in [1.82, 2.24) is 10.2 Å². The summed E-state index contributed by atoms with van der Waals surface area (Å²) in [6.45, 7) is 5.13. The van der Waals surface area contributed by atoms with E-state index in [1.54, 1.807) is 11.3 Å². The molecule has 0 unspecified atom stereocenters. The summed E-state index contributed by atoms with van der Waals surface area (Å²) in [7, 11) is 0. The smallest absolute Gasteiger partial charge is 0.261 e. The number of benzene rings is 1. The molecule has 4 heteroatoms. The highest BCUT2D eigenvalue weighted by Crippen LogP contribution is 2.17. The van der Waals surface area contributed by atoms with Crippen molar-refractivity contribution in [2.45, 2.75) is 32.4 Å². The van der Waals surface area contributed by atoms with E-state index in [1.807, 2.05) is 19.1 Å². The van der Waals surface area contributed by atoms with E-state index < -0.39 is 0 Å². The van der Waals surface area contributed by atoms with Crippen LogP contribution in [0.15, 0.2) is 42.5 Å². The fourth-order valence-corrected chi connectivity index (χ4v) is 3.66. The summed E-state index contributed by atoms with van der Waals surface area (Å²) in [5.41, 5.74) is 1.36. The highest BCUT2D eigenvalue weighted by molar-refractivity contribution is 7.13. The number of carbonyl (C=O) groups excluding carboxylic acids is 1. The van der Waals surface area contributed by atoms with E-state index in [-0.39, 0.29) is 5.91 Å². The molecule has 1 aliphatic heterocycles. The molecule has 0 aliphatic carbocycles. The summed E-state index contributed by atoms with van der Waals surface area (Å²) < 4.78 is 0. The molecule has 3 rings (SSSR count). The van der Waals surface area contributed by atoms with E-state index >= 15 is 0 Å². The molecule has 0 atom stereocenters. The minimum atomic E-state index is 0.0830. The van der Waals surface area contributed by atoms with Crippen LogP contribution >= 0.6 is 11.3 Å². The molecule has 1 fully saturated rings. The number of aryl methyl sites for hydroxylation is 1. The average molecular weight is 314 g/mol. The molecule has 0 bridgehead atoms. The lowest BCUT2D eigenvalue weighted by Gasteiger charge is -2.32. The maximum absolute atomic E-state index is 12.2. The number of hydrogen-bond acceptors (Lipinski definition) is 3. The van der Waals surface area contributed by atoms with Gasteiger partial charge < -0.3 is 5.32 Å². The Bertz CT molecular complexity index is 615. The van der Waals surface area contributed by atoms with Crippen LogP contribution in [-0.4, -0.2) is 29.9 Å². The Morgan fingerprint density at radius 1 is 1.18 bits per heavy atom. The number of nitrogens with one attached hydrogen (secondary N) is 1. The number of carbonyl (C=O) groups is 1. The quantitative estimate of drug-likeness (QED) is 0.937. The summed E-state index contributed by atoms with van der Waals surface area (Å²) >= 11 is 1.56. The van der Waals surface area contributed by atoms with Gasteiger partial charge in [-0.1, -0.05) is 30.3 Å². The van der Waals surface area contributed by atoms with Crippen LogP contribution < -0.4 is 5.32 Å². The van der Waals surface area contributed by atoms with E-state index in [4.69, 9.17) is 0 Å². The van der Waals surface area contributed by atoms with E-state index in [9.17, 15) is 4.79 Å². The van der Waals surface area contributed by atoms with Gasteiger partial charge in [-0.25, -0.2) is 0 Å². The highest BCUT2D eigenvalue weighted by atomic mass is 32.1. The molecule has 1 aromatic heterocycles. The van der Waals surface area contributed by atoms with Gasteiger partial charge in [0, 0.05) is 30.6 Å². The van der Waals surface area contributed by atoms with Gasteiger partial charge in [0.2, 0.25) is 0 Å². The first-order valence-electron chi connectivity index (χ1n) is 7.84. The van der Waals surface area contributed by atoms with Gasteiger partial charge in [-0.2, -0.15) is 0 Å². The van der Waals surface area contributed by atoms with Gasteiger partial charge >= 0.3 is 0 Å². The second-order valence-electron chi connectivity index (χ2n) is 5.92. The summed E-state index contributed by atoms with van der Waals surface area (Å²) in [6, 6.07) is 14.8. The van der Waals surface area contributed by atoms with Crippen LogP contribution in [0.25, 0.3) is 0 Å². The molecule has 0 saturated carbocycles. The number of rotatable bonds is 4. The lowest BCUT2D eigenvalue weighted by atomic mass is 10.0. The van der Waals surface area contributed by atoms with Crippen molar-refractivity contribution in [3.8, 4) is 0 Å². The van der Waals surface area contributed by atoms with Crippen molar-refractivity contribution in [3.05, 3.63) is 57.8 Å². The zero-order chi connectivity index (χ0) is 15.4. The van der Waals surface area contributed by atoms with Gasteiger partial charge in [-0.3, -0.25) is 9.69 Å². The third-order valence-electron chi connectivity index (χ3n) is 4.14. The third-order valence-corrected chi connectivity index (χ3v) is 5.14. The monoisotopic (exact) mass is 314 g/mol. The molecule has 2 aromatic rings. The van der Waals surface area contributed by atoms with Gasteiger partial charge in [0.1, 0.15) is 0 Å². The summed E-state index contributed by atoms with van der Waals surface area (Å²) in [6.07, 6.45) is 2.06. The fourth-order valence-electron chi connectivity index (χ4n) is 2.89. The van der Waals surface area contributed by atoms with Crippen LogP contribution in [-0.2, 0) is 6.54 Å². The average Bonchev–Trinajstić information content (AvgIpc) is 2.97. The van der Waals surface area contributed by atoms with E-state index in [0.717, 1.165) is 37.4 Å². The lowest BCUT2D eigenvalue weighted by molar-refractivity contribution is 0.0913. The maximum Gasteiger partial charge on any atom is 0.261 e. The largest absolute Gasteiger partial charge is 0.349 e. The Hall–Kier alpha value is -1.65. The van der Waals surface area contributed by atoms with Crippen molar-refractivity contribution in [2.75, 3.05) is 13.1 Å². The first-order valence-corrected chi connectivity index (χ1v) is 8.66. The summed E-state index contributed by atoms with van der Waals surface area (Å²) in [5.74, 6) is 0.0830. The van der Waals surface area contributed by atoms with Gasteiger partial charge in [0.05, 0.1) is 4.88 Å². The minimum absolute atomic E-state index is 0.0830. The number of nitrogens with zero attached hydrogens (tertiary/aromatic N) is 1. The van der Waals surface area contributed by atoms with Crippen molar-refractivity contribution in [3.63, 3.8) is 0 Å². The van der Waals surface area contributed by atoms with Crippen LogP contribution in [0.2, 0.25) is 0 Å². The Morgan fingerprint density at radius 3 is 2.55 bits per heavy atom. The molecule has 1 aromatic carbocycles. The number of thiophene rings is 1. The van der Waals surface area contributed by atoms with E-state index in [1.165, 1.54) is 10.4 Å². The van der Waals surface area contributed by atoms with Gasteiger partial charge in [0.25, 0.3) is 5.91 Å². The van der Waals surface area contributed by atoms with E-state index in [0.29, 0.717) is 6.04 Å². The van der Waals surface area contributed by atoms with Crippen LogP contribution in [0, 0.1) is 6.92 Å². The van der Waals surface area contributed by atoms with Crippen molar-refractivity contribution in [1.29, 1.82) is 0 Å². The molecule has 1 N–H and O–H groups in total. The molecule has 1 amide bonds. The fraction of sp³-hybridized carbons (Fsp3) is 0.389. The molecular formula is C18H22N2OS. The maximum atomic E-state index is 12.2. The van der Waals surface area contributed by atoms with Crippen LogP contribution in [0.1, 0.15) is 33.0 Å². The van der Waals surface area contributed by atoms with Crippen LogP contribution in [0.5, 0.6) is 0 Å². The number of likely N-dealkylation sites (tertiary alicyclic amines) is 1. The summed E-state index contributed by atoms with van der Waals surface area (Å²) in [5, 5.41) is 3.18.